The monoisotopic (exact) mass is 283 g/mol. The van der Waals surface area contributed by atoms with Crippen molar-refractivity contribution in [2.75, 3.05) is 26.7 Å². The van der Waals surface area contributed by atoms with Crippen molar-refractivity contribution in [3.8, 4) is 0 Å². The SMILES string of the molecule is CC(C)CC(CN)CC(=O)N1CCN(C)C(=O)C1(C)C. The van der Waals surface area contributed by atoms with Crippen molar-refractivity contribution in [2.24, 2.45) is 17.6 Å². The average molecular weight is 283 g/mol. The van der Waals surface area contributed by atoms with Crippen LogP contribution in [0.5, 0.6) is 0 Å². The molecule has 20 heavy (non-hydrogen) atoms. The summed E-state index contributed by atoms with van der Waals surface area (Å²) in [5, 5.41) is 0. The highest BCUT2D eigenvalue weighted by Gasteiger charge is 2.42. The first-order valence-electron chi connectivity index (χ1n) is 7.46. The first-order valence-corrected chi connectivity index (χ1v) is 7.46. The molecule has 0 aromatic rings. The number of hydrogen-bond donors (Lipinski definition) is 1. The Labute approximate surface area is 122 Å². The summed E-state index contributed by atoms with van der Waals surface area (Å²) in [4.78, 5) is 28.1. The van der Waals surface area contributed by atoms with Gasteiger partial charge in [-0.15, -0.1) is 0 Å². The number of carbonyl (C=O) groups is 2. The molecule has 1 fully saturated rings. The third-order valence-electron chi connectivity index (χ3n) is 4.11. The van der Waals surface area contributed by atoms with E-state index in [0.29, 0.717) is 32.0 Å². The van der Waals surface area contributed by atoms with Crippen LogP contribution >= 0.6 is 0 Å². The maximum absolute atomic E-state index is 12.5. The van der Waals surface area contributed by atoms with Crippen LogP contribution in [0.25, 0.3) is 0 Å². The minimum Gasteiger partial charge on any atom is -0.342 e. The fourth-order valence-electron chi connectivity index (χ4n) is 2.94. The topological polar surface area (TPSA) is 66.6 Å². The van der Waals surface area contributed by atoms with Gasteiger partial charge in [-0.05, 0) is 38.6 Å². The molecule has 0 aromatic carbocycles. The number of rotatable bonds is 5. The van der Waals surface area contributed by atoms with Gasteiger partial charge in [0.05, 0.1) is 0 Å². The molecule has 0 radical (unpaired) electrons. The third kappa shape index (κ3) is 3.72. The van der Waals surface area contributed by atoms with E-state index in [-0.39, 0.29) is 17.7 Å². The molecular weight excluding hydrogens is 254 g/mol. The molecule has 1 unspecified atom stereocenters. The zero-order chi connectivity index (χ0) is 15.5. The summed E-state index contributed by atoms with van der Waals surface area (Å²) in [6, 6.07) is 0. The van der Waals surface area contributed by atoms with Crippen LogP contribution in [0.15, 0.2) is 0 Å². The van der Waals surface area contributed by atoms with Crippen LogP contribution < -0.4 is 5.73 Å². The predicted molar refractivity (Wildman–Crippen MR) is 80.0 cm³/mol. The van der Waals surface area contributed by atoms with Crippen LogP contribution in [0.4, 0.5) is 0 Å². The van der Waals surface area contributed by atoms with E-state index in [2.05, 4.69) is 13.8 Å². The van der Waals surface area contributed by atoms with E-state index in [1.165, 1.54) is 0 Å². The number of nitrogens with zero attached hydrogens (tertiary/aromatic N) is 2. The Hall–Kier alpha value is -1.10. The van der Waals surface area contributed by atoms with Crippen LogP contribution in [-0.2, 0) is 9.59 Å². The van der Waals surface area contributed by atoms with E-state index in [9.17, 15) is 9.59 Å². The molecule has 0 bridgehead atoms. The minimum atomic E-state index is -0.749. The quantitative estimate of drug-likeness (QED) is 0.821. The van der Waals surface area contributed by atoms with Gasteiger partial charge in [0.25, 0.3) is 0 Å². The molecule has 0 aromatic heterocycles. The normalized spacial score (nSPS) is 20.4. The van der Waals surface area contributed by atoms with Gasteiger partial charge in [-0.1, -0.05) is 13.8 Å². The molecule has 2 N–H and O–H groups in total. The van der Waals surface area contributed by atoms with Gasteiger partial charge >= 0.3 is 0 Å². The number of hydrogen-bond acceptors (Lipinski definition) is 3. The van der Waals surface area contributed by atoms with Crippen LogP contribution in [0, 0.1) is 11.8 Å². The molecule has 1 aliphatic heterocycles. The number of amides is 2. The molecule has 1 aliphatic rings. The molecule has 1 atom stereocenters. The van der Waals surface area contributed by atoms with E-state index in [0.717, 1.165) is 6.42 Å². The standard InChI is InChI=1S/C15H29N3O2/c1-11(2)8-12(10-16)9-13(19)18-7-6-17(5)14(20)15(18,3)4/h11-12H,6-10,16H2,1-5H3. The largest absolute Gasteiger partial charge is 0.342 e. The van der Waals surface area contributed by atoms with Gasteiger partial charge in [0, 0.05) is 26.6 Å². The van der Waals surface area contributed by atoms with Crippen LogP contribution in [0.1, 0.15) is 40.5 Å². The van der Waals surface area contributed by atoms with E-state index in [1.54, 1.807) is 16.8 Å². The Morgan fingerprint density at radius 2 is 1.95 bits per heavy atom. The van der Waals surface area contributed by atoms with Gasteiger partial charge in [-0.25, -0.2) is 0 Å². The van der Waals surface area contributed by atoms with Gasteiger partial charge in [0.1, 0.15) is 5.54 Å². The van der Waals surface area contributed by atoms with Gasteiger partial charge < -0.3 is 15.5 Å². The molecule has 116 valence electrons. The fraction of sp³-hybridized carbons (Fsp3) is 0.867. The lowest BCUT2D eigenvalue weighted by Gasteiger charge is -2.45. The second-order valence-electron chi connectivity index (χ2n) is 6.77. The summed E-state index contributed by atoms with van der Waals surface area (Å²) in [6.07, 6.45) is 1.39. The highest BCUT2D eigenvalue weighted by Crippen LogP contribution is 2.24. The summed E-state index contributed by atoms with van der Waals surface area (Å²) in [5.41, 5.74) is 5.02. The summed E-state index contributed by atoms with van der Waals surface area (Å²) >= 11 is 0. The molecular formula is C15H29N3O2. The molecule has 1 saturated heterocycles. The average Bonchev–Trinajstić information content (AvgIpc) is 2.34. The maximum atomic E-state index is 12.5. The molecule has 5 nitrogen and oxygen atoms in total. The van der Waals surface area contributed by atoms with Crippen molar-refractivity contribution < 1.29 is 9.59 Å². The van der Waals surface area contributed by atoms with Crippen LogP contribution in [0.3, 0.4) is 0 Å². The zero-order valence-corrected chi connectivity index (χ0v) is 13.5. The van der Waals surface area contributed by atoms with Gasteiger partial charge in [0.2, 0.25) is 11.8 Å². The third-order valence-corrected chi connectivity index (χ3v) is 4.11. The van der Waals surface area contributed by atoms with Gasteiger partial charge in [-0.3, -0.25) is 9.59 Å². The number of carbonyl (C=O) groups excluding carboxylic acids is 2. The van der Waals surface area contributed by atoms with Crippen LogP contribution in [0.2, 0.25) is 0 Å². The van der Waals surface area contributed by atoms with Gasteiger partial charge in [0.15, 0.2) is 0 Å². The fourth-order valence-corrected chi connectivity index (χ4v) is 2.94. The molecule has 5 heteroatoms. The summed E-state index contributed by atoms with van der Waals surface area (Å²) in [6.45, 7) is 9.64. The summed E-state index contributed by atoms with van der Waals surface area (Å²) in [7, 11) is 1.79. The lowest BCUT2D eigenvalue weighted by Crippen LogP contribution is -2.63. The Morgan fingerprint density at radius 1 is 1.35 bits per heavy atom. The van der Waals surface area contributed by atoms with Crippen molar-refractivity contribution in [2.45, 2.75) is 46.1 Å². The smallest absolute Gasteiger partial charge is 0.247 e. The van der Waals surface area contributed by atoms with Crippen molar-refractivity contribution >= 4 is 11.8 Å². The minimum absolute atomic E-state index is 0.00487. The second kappa shape index (κ2) is 6.57. The molecule has 1 heterocycles. The highest BCUT2D eigenvalue weighted by atomic mass is 16.2. The lowest BCUT2D eigenvalue weighted by molar-refractivity contribution is -0.157. The van der Waals surface area contributed by atoms with Crippen molar-refractivity contribution in [3.63, 3.8) is 0 Å². The van der Waals surface area contributed by atoms with E-state index < -0.39 is 5.54 Å². The number of piperazine rings is 1. The lowest BCUT2D eigenvalue weighted by atomic mass is 9.91. The zero-order valence-electron chi connectivity index (χ0n) is 13.5. The number of nitrogens with two attached hydrogens (primary N) is 1. The summed E-state index contributed by atoms with van der Waals surface area (Å²) < 4.78 is 0. The van der Waals surface area contributed by atoms with Crippen LogP contribution in [-0.4, -0.2) is 53.8 Å². The van der Waals surface area contributed by atoms with E-state index >= 15 is 0 Å². The predicted octanol–water partition coefficient (Wildman–Crippen LogP) is 1.08. The second-order valence-corrected chi connectivity index (χ2v) is 6.77. The molecule has 0 saturated carbocycles. The first kappa shape index (κ1) is 17.0. The van der Waals surface area contributed by atoms with E-state index in [4.69, 9.17) is 5.73 Å². The van der Waals surface area contributed by atoms with Crippen molar-refractivity contribution in [1.29, 1.82) is 0 Å². The van der Waals surface area contributed by atoms with Crippen molar-refractivity contribution in [3.05, 3.63) is 0 Å². The summed E-state index contributed by atoms with van der Waals surface area (Å²) in [5.74, 6) is 0.782. The Bertz CT molecular complexity index is 366. The molecule has 0 spiro atoms. The molecule has 1 rings (SSSR count). The van der Waals surface area contributed by atoms with Gasteiger partial charge in [-0.2, -0.15) is 0 Å². The Kier molecular flexibility index (Phi) is 5.57. The van der Waals surface area contributed by atoms with E-state index in [1.807, 2.05) is 13.8 Å². The first-order chi connectivity index (χ1) is 9.20. The molecule has 2 amide bonds. The maximum Gasteiger partial charge on any atom is 0.247 e. The number of likely N-dealkylation sites (N-methyl/N-ethyl adjacent to an activating group) is 1. The Morgan fingerprint density at radius 3 is 2.45 bits per heavy atom. The Balaban J connectivity index is 2.73. The molecule has 0 aliphatic carbocycles. The van der Waals surface area contributed by atoms with Crippen molar-refractivity contribution in [1.82, 2.24) is 9.80 Å². The highest BCUT2D eigenvalue weighted by molar-refractivity contribution is 5.91.